The maximum atomic E-state index is 11.8. The number of hydrogen-bond donors (Lipinski definition) is 2. The highest BCUT2D eigenvalue weighted by Gasteiger charge is 2.07. The van der Waals surface area contributed by atoms with Crippen molar-refractivity contribution < 1.29 is 4.79 Å². The molecule has 2 aromatic carbocycles. The van der Waals surface area contributed by atoms with Gasteiger partial charge in [0.05, 0.1) is 15.7 Å². The summed E-state index contributed by atoms with van der Waals surface area (Å²) in [5.41, 5.74) is 1.34. The molecule has 0 spiro atoms. The van der Waals surface area contributed by atoms with Crippen LogP contribution in [0.4, 0.5) is 10.5 Å². The normalized spacial score (nSPS) is 10.6. The van der Waals surface area contributed by atoms with E-state index in [1.54, 1.807) is 30.5 Å². The molecule has 2 N–H and O–H groups in total. The molecule has 0 bridgehead atoms. The number of nitrogens with one attached hydrogen (secondary N) is 2. The van der Waals surface area contributed by atoms with Crippen LogP contribution in [0.1, 0.15) is 5.56 Å². The molecule has 2 rings (SSSR count). The highest BCUT2D eigenvalue weighted by Crippen LogP contribution is 2.29. The molecule has 2 aromatic rings. The Morgan fingerprint density at radius 3 is 2.43 bits per heavy atom. The quantitative estimate of drug-likeness (QED) is 0.714. The van der Waals surface area contributed by atoms with Gasteiger partial charge in [0.2, 0.25) is 0 Å². The molecule has 0 aromatic heterocycles. The standard InChI is InChI=1S/C15H11BrCl2N2O/c16-11-4-1-3-10(9-11)7-8-19-15(21)20-14-12(17)5-2-6-13(14)18/h1-9H,(H2,19,20,21)/b8-7+. The number of rotatable bonds is 3. The smallest absolute Gasteiger partial charge is 0.314 e. The number of anilines is 1. The number of hydrogen-bond acceptors (Lipinski definition) is 1. The van der Waals surface area contributed by atoms with Gasteiger partial charge in [0.15, 0.2) is 0 Å². The third kappa shape index (κ3) is 4.77. The molecule has 0 aliphatic carbocycles. The number of para-hydroxylation sites is 1. The molecule has 0 aliphatic rings. The number of benzene rings is 2. The van der Waals surface area contributed by atoms with E-state index in [2.05, 4.69) is 26.6 Å². The zero-order valence-electron chi connectivity index (χ0n) is 10.7. The summed E-state index contributed by atoms with van der Waals surface area (Å²) in [6, 6.07) is 12.3. The van der Waals surface area contributed by atoms with Gasteiger partial charge in [-0.2, -0.15) is 0 Å². The van der Waals surface area contributed by atoms with Crippen LogP contribution in [0.25, 0.3) is 6.08 Å². The van der Waals surface area contributed by atoms with Crippen LogP contribution in [0.2, 0.25) is 10.0 Å². The van der Waals surface area contributed by atoms with Crippen LogP contribution in [-0.4, -0.2) is 6.03 Å². The minimum Gasteiger partial charge on any atom is -0.314 e. The summed E-state index contributed by atoms with van der Waals surface area (Å²) >= 11 is 15.3. The fraction of sp³-hybridized carbons (Fsp3) is 0. The molecule has 108 valence electrons. The van der Waals surface area contributed by atoms with E-state index in [1.807, 2.05) is 24.3 Å². The van der Waals surface area contributed by atoms with Crippen molar-refractivity contribution in [1.29, 1.82) is 0 Å². The first-order valence-electron chi connectivity index (χ1n) is 6.00. The molecular weight excluding hydrogens is 375 g/mol. The van der Waals surface area contributed by atoms with E-state index < -0.39 is 6.03 Å². The minimum absolute atomic E-state index is 0.383. The molecular formula is C15H11BrCl2N2O. The van der Waals surface area contributed by atoms with Crippen LogP contribution in [0, 0.1) is 0 Å². The van der Waals surface area contributed by atoms with Crippen LogP contribution >= 0.6 is 39.1 Å². The highest BCUT2D eigenvalue weighted by atomic mass is 79.9. The SMILES string of the molecule is O=C(N/C=C/c1cccc(Br)c1)Nc1c(Cl)cccc1Cl. The number of carbonyl (C=O) groups excluding carboxylic acids is 1. The van der Waals surface area contributed by atoms with Gasteiger partial charge in [-0.15, -0.1) is 0 Å². The summed E-state index contributed by atoms with van der Waals surface area (Å²) in [7, 11) is 0. The van der Waals surface area contributed by atoms with E-state index in [4.69, 9.17) is 23.2 Å². The maximum absolute atomic E-state index is 11.8. The summed E-state index contributed by atoms with van der Waals surface area (Å²) in [6.07, 6.45) is 3.32. The van der Waals surface area contributed by atoms with Crippen molar-refractivity contribution in [3.05, 3.63) is 68.7 Å². The lowest BCUT2D eigenvalue weighted by molar-refractivity contribution is 0.255. The van der Waals surface area contributed by atoms with E-state index in [-0.39, 0.29) is 0 Å². The van der Waals surface area contributed by atoms with Crippen LogP contribution in [0.3, 0.4) is 0 Å². The second-order valence-electron chi connectivity index (χ2n) is 4.08. The average molecular weight is 386 g/mol. The third-order valence-corrected chi connectivity index (χ3v) is 3.66. The fourth-order valence-electron chi connectivity index (χ4n) is 1.59. The molecule has 0 fully saturated rings. The molecule has 6 heteroatoms. The Bertz CT molecular complexity index is 669. The molecule has 0 unspecified atom stereocenters. The summed E-state index contributed by atoms with van der Waals surface area (Å²) in [4.78, 5) is 11.8. The summed E-state index contributed by atoms with van der Waals surface area (Å²) in [5, 5.41) is 5.96. The maximum Gasteiger partial charge on any atom is 0.323 e. The number of amides is 2. The van der Waals surface area contributed by atoms with Crippen molar-refractivity contribution in [2.24, 2.45) is 0 Å². The average Bonchev–Trinajstić information content (AvgIpc) is 2.43. The third-order valence-electron chi connectivity index (χ3n) is 2.54. The monoisotopic (exact) mass is 384 g/mol. The lowest BCUT2D eigenvalue weighted by Crippen LogP contribution is -2.24. The van der Waals surface area contributed by atoms with Gasteiger partial charge < -0.3 is 10.6 Å². The van der Waals surface area contributed by atoms with E-state index in [1.165, 1.54) is 0 Å². The van der Waals surface area contributed by atoms with E-state index in [0.29, 0.717) is 15.7 Å². The summed E-state index contributed by atoms with van der Waals surface area (Å²) < 4.78 is 0.969. The molecule has 2 amide bonds. The Morgan fingerprint density at radius 1 is 1.10 bits per heavy atom. The minimum atomic E-state index is -0.420. The van der Waals surface area contributed by atoms with Crippen LogP contribution in [-0.2, 0) is 0 Å². The number of halogens is 3. The second kappa shape index (κ2) is 7.50. The molecule has 0 heterocycles. The van der Waals surface area contributed by atoms with E-state index >= 15 is 0 Å². The van der Waals surface area contributed by atoms with Gasteiger partial charge in [0, 0.05) is 10.7 Å². The lowest BCUT2D eigenvalue weighted by atomic mass is 10.2. The van der Waals surface area contributed by atoms with Gasteiger partial charge in [-0.25, -0.2) is 4.79 Å². The summed E-state index contributed by atoms with van der Waals surface area (Å²) in [6.45, 7) is 0. The first kappa shape index (κ1) is 15.9. The Hall–Kier alpha value is -1.49. The van der Waals surface area contributed by atoms with Crippen LogP contribution in [0.5, 0.6) is 0 Å². The van der Waals surface area contributed by atoms with E-state index in [0.717, 1.165) is 10.0 Å². The molecule has 0 radical (unpaired) electrons. The predicted molar refractivity (Wildman–Crippen MR) is 91.8 cm³/mol. The molecule has 0 saturated carbocycles. The van der Waals surface area contributed by atoms with Crippen LogP contribution in [0.15, 0.2) is 53.1 Å². The van der Waals surface area contributed by atoms with Gasteiger partial charge in [-0.05, 0) is 35.9 Å². The molecule has 0 saturated heterocycles. The Kier molecular flexibility index (Phi) is 5.67. The fourth-order valence-corrected chi connectivity index (χ4v) is 2.50. The second-order valence-corrected chi connectivity index (χ2v) is 5.81. The van der Waals surface area contributed by atoms with Gasteiger partial charge in [-0.1, -0.05) is 57.3 Å². The topological polar surface area (TPSA) is 41.1 Å². The van der Waals surface area contributed by atoms with Gasteiger partial charge >= 0.3 is 6.03 Å². The van der Waals surface area contributed by atoms with Gasteiger partial charge in [0.1, 0.15) is 0 Å². The number of carbonyl (C=O) groups is 1. The number of urea groups is 1. The van der Waals surface area contributed by atoms with Gasteiger partial charge in [-0.3, -0.25) is 0 Å². The van der Waals surface area contributed by atoms with Crippen molar-refractivity contribution in [2.75, 3.05) is 5.32 Å². The van der Waals surface area contributed by atoms with E-state index in [9.17, 15) is 4.79 Å². The van der Waals surface area contributed by atoms with Crippen molar-refractivity contribution in [1.82, 2.24) is 5.32 Å². The highest BCUT2D eigenvalue weighted by molar-refractivity contribution is 9.10. The van der Waals surface area contributed by atoms with Crippen LogP contribution < -0.4 is 10.6 Å². The molecule has 0 atom stereocenters. The lowest BCUT2D eigenvalue weighted by Gasteiger charge is -2.08. The zero-order chi connectivity index (χ0) is 15.2. The Balaban J connectivity index is 1.96. The Morgan fingerprint density at radius 2 is 1.76 bits per heavy atom. The molecule has 3 nitrogen and oxygen atoms in total. The largest absolute Gasteiger partial charge is 0.323 e. The Labute approximate surface area is 141 Å². The predicted octanol–water partition coefficient (Wildman–Crippen LogP) is 5.55. The molecule has 21 heavy (non-hydrogen) atoms. The molecule has 0 aliphatic heterocycles. The van der Waals surface area contributed by atoms with Crippen molar-refractivity contribution >= 4 is 56.9 Å². The zero-order valence-corrected chi connectivity index (χ0v) is 13.8. The first-order chi connectivity index (χ1) is 10.1. The van der Waals surface area contributed by atoms with Gasteiger partial charge in [0.25, 0.3) is 0 Å². The first-order valence-corrected chi connectivity index (χ1v) is 7.55. The van der Waals surface area contributed by atoms with Crippen molar-refractivity contribution in [2.45, 2.75) is 0 Å². The van der Waals surface area contributed by atoms with Crippen molar-refractivity contribution in [3.8, 4) is 0 Å². The van der Waals surface area contributed by atoms with Crippen molar-refractivity contribution in [3.63, 3.8) is 0 Å². The summed E-state index contributed by atoms with van der Waals surface area (Å²) in [5.74, 6) is 0.